The molecule has 0 aliphatic carbocycles. The molecule has 2 amide bonds. The summed E-state index contributed by atoms with van der Waals surface area (Å²) in [5, 5.41) is 0.147. The van der Waals surface area contributed by atoms with Gasteiger partial charge in [-0.2, -0.15) is 0 Å². The first-order valence-electron chi connectivity index (χ1n) is 8.55. The van der Waals surface area contributed by atoms with Gasteiger partial charge in [0, 0.05) is 12.6 Å². The number of benzene rings is 2. The van der Waals surface area contributed by atoms with Crippen LogP contribution in [0.25, 0.3) is 0 Å². The number of aryl methyl sites for hydroxylation is 1. The average molecular weight is 407 g/mol. The van der Waals surface area contributed by atoms with Crippen molar-refractivity contribution in [1.29, 1.82) is 0 Å². The maximum absolute atomic E-state index is 12.7. The molecule has 0 unspecified atom stereocenters. The Bertz CT molecular complexity index is 856. The molecule has 0 heterocycles. The molecule has 28 heavy (non-hydrogen) atoms. The Hall–Kier alpha value is -2.93. The molecule has 0 aliphatic heterocycles. The molecule has 0 radical (unpaired) electrons. The second-order valence-electron chi connectivity index (χ2n) is 6.14. The maximum Gasteiger partial charge on any atom is 0.255 e. The van der Waals surface area contributed by atoms with Gasteiger partial charge in [-0.3, -0.25) is 9.59 Å². The second kappa shape index (κ2) is 9.85. The number of hydrogen-bond acceptors (Lipinski definition) is 5. The van der Waals surface area contributed by atoms with Crippen molar-refractivity contribution in [3.8, 4) is 17.2 Å². The van der Waals surface area contributed by atoms with E-state index < -0.39 is 5.91 Å². The van der Waals surface area contributed by atoms with E-state index >= 15 is 0 Å². The number of primary amides is 1. The number of methoxy groups -OCH3 is 1. The maximum atomic E-state index is 12.7. The number of likely N-dealkylation sites (N-methyl/N-ethyl adjacent to an activating group) is 1. The number of hydrogen-bond donors (Lipinski definition) is 1. The highest BCUT2D eigenvalue weighted by Crippen LogP contribution is 2.36. The van der Waals surface area contributed by atoms with Crippen molar-refractivity contribution in [2.75, 3.05) is 33.9 Å². The van der Waals surface area contributed by atoms with Gasteiger partial charge in [0.15, 0.2) is 18.1 Å². The smallest absolute Gasteiger partial charge is 0.255 e. The topological polar surface area (TPSA) is 91.1 Å². The zero-order chi connectivity index (χ0) is 20.7. The van der Waals surface area contributed by atoms with Gasteiger partial charge in [-0.15, -0.1) is 0 Å². The summed E-state index contributed by atoms with van der Waals surface area (Å²) in [6, 6.07) is 10.6. The Balaban J connectivity index is 2.03. The van der Waals surface area contributed by atoms with Crippen LogP contribution in [-0.4, -0.2) is 50.6 Å². The third kappa shape index (κ3) is 5.79. The predicted octanol–water partition coefficient (Wildman–Crippen LogP) is 2.67. The van der Waals surface area contributed by atoms with Crippen LogP contribution in [-0.2, 0) is 4.79 Å². The largest absolute Gasteiger partial charge is 0.493 e. The van der Waals surface area contributed by atoms with Gasteiger partial charge in [0.1, 0.15) is 12.4 Å². The Kier molecular flexibility index (Phi) is 7.52. The van der Waals surface area contributed by atoms with Crippen LogP contribution >= 0.6 is 11.6 Å². The molecule has 0 bridgehead atoms. The highest BCUT2D eigenvalue weighted by Gasteiger charge is 2.19. The fourth-order valence-corrected chi connectivity index (χ4v) is 2.72. The lowest BCUT2D eigenvalue weighted by Crippen LogP contribution is -2.31. The van der Waals surface area contributed by atoms with Crippen LogP contribution in [0, 0.1) is 6.92 Å². The number of ether oxygens (including phenoxy) is 3. The summed E-state index contributed by atoms with van der Waals surface area (Å²) in [5.41, 5.74) is 6.50. The van der Waals surface area contributed by atoms with Crippen molar-refractivity contribution in [2.24, 2.45) is 5.73 Å². The van der Waals surface area contributed by atoms with Crippen LogP contribution in [0.15, 0.2) is 36.4 Å². The number of nitrogens with zero attached hydrogens (tertiary/aromatic N) is 1. The first kappa shape index (κ1) is 21.4. The highest BCUT2D eigenvalue weighted by molar-refractivity contribution is 6.32. The quantitative estimate of drug-likeness (QED) is 0.691. The number of rotatable bonds is 9. The van der Waals surface area contributed by atoms with Crippen molar-refractivity contribution in [3.63, 3.8) is 0 Å². The van der Waals surface area contributed by atoms with Crippen molar-refractivity contribution in [2.45, 2.75) is 6.92 Å². The number of amides is 2. The van der Waals surface area contributed by atoms with E-state index in [0.717, 1.165) is 11.3 Å². The van der Waals surface area contributed by atoms with Gasteiger partial charge in [0.2, 0.25) is 0 Å². The van der Waals surface area contributed by atoms with E-state index in [2.05, 4.69) is 0 Å². The summed E-state index contributed by atoms with van der Waals surface area (Å²) in [5.74, 6) is 0.245. The lowest BCUT2D eigenvalue weighted by molar-refractivity contribution is -0.119. The van der Waals surface area contributed by atoms with Crippen LogP contribution in [0.4, 0.5) is 0 Å². The van der Waals surface area contributed by atoms with Crippen LogP contribution in [0.1, 0.15) is 15.9 Å². The Morgan fingerprint density at radius 2 is 1.93 bits per heavy atom. The molecule has 0 saturated carbocycles. The number of nitrogens with two attached hydrogens (primary N) is 1. The van der Waals surface area contributed by atoms with E-state index in [1.165, 1.54) is 24.1 Å². The van der Waals surface area contributed by atoms with Gasteiger partial charge in [-0.1, -0.05) is 23.7 Å². The minimum atomic E-state index is -0.647. The molecule has 0 fully saturated rings. The minimum absolute atomic E-state index is 0.147. The molecule has 0 aromatic heterocycles. The van der Waals surface area contributed by atoms with Crippen LogP contribution in [0.5, 0.6) is 17.2 Å². The van der Waals surface area contributed by atoms with E-state index in [9.17, 15) is 9.59 Å². The summed E-state index contributed by atoms with van der Waals surface area (Å²) in [4.78, 5) is 25.1. The Labute approximate surface area is 168 Å². The van der Waals surface area contributed by atoms with Crippen molar-refractivity contribution in [3.05, 3.63) is 52.5 Å². The van der Waals surface area contributed by atoms with Gasteiger partial charge in [0.25, 0.3) is 11.8 Å². The SMILES string of the molecule is COc1cc(C(=O)N(C)CCOc2cccc(C)c2)cc(Cl)c1OCC(N)=O. The van der Waals surface area contributed by atoms with Gasteiger partial charge in [-0.25, -0.2) is 0 Å². The minimum Gasteiger partial charge on any atom is -0.493 e. The zero-order valence-corrected chi connectivity index (χ0v) is 16.8. The van der Waals surface area contributed by atoms with Crippen molar-refractivity contribution < 1.29 is 23.8 Å². The van der Waals surface area contributed by atoms with Crippen molar-refractivity contribution in [1.82, 2.24) is 4.90 Å². The second-order valence-corrected chi connectivity index (χ2v) is 6.54. The van der Waals surface area contributed by atoms with Crippen molar-refractivity contribution >= 4 is 23.4 Å². The lowest BCUT2D eigenvalue weighted by atomic mass is 10.1. The van der Waals surface area contributed by atoms with Crippen LogP contribution in [0.3, 0.4) is 0 Å². The summed E-state index contributed by atoms with van der Waals surface area (Å²) in [7, 11) is 3.08. The van der Waals surface area contributed by atoms with E-state index in [1.54, 1.807) is 7.05 Å². The molecule has 150 valence electrons. The Morgan fingerprint density at radius 1 is 1.18 bits per heavy atom. The number of halogens is 1. The first-order chi connectivity index (χ1) is 13.3. The molecular weight excluding hydrogens is 384 g/mol. The van der Waals surface area contributed by atoms with Gasteiger partial charge < -0.3 is 24.8 Å². The summed E-state index contributed by atoms with van der Waals surface area (Å²) >= 11 is 6.19. The molecule has 2 N–H and O–H groups in total. The summed E-state index contributed by atoms with van der Waals surface area (Å²) in [6.45, 7) is 2.36. The predicted molar refractivity (Wildman–Crippen MR) is 106 cm³/mol. The zero-order valence-electron chi connectivity index (χ0n) is 16.0. The summed E-state index contributed by atoms with van der Waals surface area (Å²) < 4.78 is 16.2. The Morgan fingerprint density at radius 3 is 2.57 bits per heavy atom. The molecule has 8 heteroatoms. The van der Waals surface area contributed by atoms with Gasteiger partial charge >= 0.3 is 0 Å². The molecule has 2 aromatic carbocycles. The molecule has 0 aliphatic rings. The number of carbonyl (C=O) groups excluding carboxylic acids is 2. The molecule has 7 nitrogen and oxygen atoms in total. The third-order valence-corrected chi connectivity index (χ3v) is 4.15. The van der Waals surface area contributed by atoms with Gasteiger partial charge in [-0.05, 0) is 36.8 Å². The fraction of sp³-hybridized carbons (Fsp3) is 0.300. The molecule has 0 spiro atoms. The first-order valence-corrected chi connectivity index (χ1v) is 8.93. The van der Waals surface area contributed by atoms with E-state index in [-0.39, 0.29) is 29.0 Å². The molecule has 0 saturated heterocycles. The lowest BCUT2D eigenvalue weighted by Gasteiger charge is -2.19. The number of carbonyl (C=O) groups is 2. The molecular formula is C20H23ClN2O5. The highest BCUT2D eigenvalue weighted by atomic mass is 35.5. The van der Waals surface area contributed by atoms with Crippen LogP contribution < -0.4 is 19.9 Å². The summed E-state index contributed by atoms with van der Waals surface area (Å²) in [6.07, 6.45) is 0. The van der Waals surface area contributed by atoms with E-state index in [4.69, 9.17) is 31.5 Å². The normalized spacial score (nSPS) is 10.3. The monoisotopic (exact) mass is 406 g/mol. The van der Waals surface area contributed by atoms with E-state index in [0.29, 0.717) is 18.7 Å². The molecule has 2 aromatic rings. The molecule has 0 atom stereocenters. The third-order valence-electron chi connectivity index (χ3n) is 3.87. The van der Waals surface area contributed by atoms with Crippen LogP contribution in [0.2, 0.25) is 5.02 Å². The molecule has 2 rings (SSSR count). The van der Waals surface area contributed by atoms with Gasteiger partial charge in [0.05, 0.1) is 18.7 Å². The fourth-order valence-electron chi connectivity index (χ4n) is 2.45. The van der Waals surface area contributed by atoms with E-state index in [1.807, 2.05) is 31.2 Å². The average Bonchev–Trinajstić information content (AvgIpc) is 2.65. The standard InChI is InChI=1S/C20H23ClN2O5/c1-13-5-4-6-15(9-13)27-8-7-23(2)20(25)14-10-16(21)19(17(11-14)26-3)28-12-18(22)24/h4-6,9-11H,7-8,12H2,1-3H3,(H2,22,24).